The molecular weight excluding hydrogens is 332 g/mol. The van der Waals surface area contributed by atoms with Gasteiger partial charge in [0.25, 0.3) is 0 Å². The predicted molar refractivity (Wildman–Crippen MR) is 102 cm³/mol. The number of nitrogens with zero attached hydrogens (tertiary/aromatic N) is 2. The van der Waals surface area contributed by atoms with Gasteiger partial charge in [0.1, 0.15) is 6.29 Å². The van der Waals surface area contributed by atoms with E-state index in [4.69, 9.17) is 11.6 Å². The molecule has 4 heteroatoms. The molecule has 0 aliphatic heterocycles. The molecule has 1 aromatic heterocycles. The molecule has 0 spiro atoms. The lowest BCUT2D eigenvalue weighted by atomic mass is 9.95. The molecule has 0 fully saturated rings. The van der Waals surface area contributed by atoms with Crippen LogP contribution < -0.4 is 0 Å². The van der Waals surface area contributed by atoms with E-state index in [0.29, 0.717) is 10.6 Å². The second kappa shape index (κ2) is 6.74. The molecule has 0 N–H and O–H groups in total. The van der Waals surface area contributed by atoms with Gasteiger partial charge in [-0.2, -0.15) is 5.26 Å². The Kier molecular flexibility index (Phi) is 4.65. The van der Waals surface area contributed by atoms with Crippen LogP contribution >= 0.6 is 11.6 Å². The van der Waals surface area contributed by atoms with Gasteiger partial charge in [-0.25, -0.2) is 0 Å². The van der Waals surface area contributed by atoms with Crippen LogP contribution in [0, 0.1) is 24.2 Å². The average Bonchev–Trinajstić information content (AvgIpc) is 2.76. The van der Waals surface area contributed by atoms with E-state index >= 15 is 0 Å². The molecular formula is C21H19ClN2O. The van der Waals surface area contributed by atoms with Gasteiger partial charge in [0.2, 0.25) is 0 Å². The first-order valence-corrected chi connectivity index (χ1v) is 8.58. The summed E-state index contributed by atoms with van der Waals surface area (Å²) < 4.78 is 1.97. The molecule has 0 saturated carbocycles. The molecule has 126 valence electrons. The van der Waals surface area contributed by atoms with Gasteiger partial charge < -0.3 is 9.36 Å². The van der Waals surface area contributed by atoms with Crippen LogP contribution in [0.5, 0.6) is 0 Å². The fourth-order valence-electron chi connectivity index (χ4n) is 3.33. The van der Waals surface area contributed by atoms with Gasteiger partial charge in [0, 0.05) is 32.8 Å². The summed E-state index contributed by atoms with van der Waals surface area (Å²) in [5.41, 5.74) is 5.57. The van der Waals surface area contributed by atoms with Gasteiger partial charge in [0.15, 0.2) is 0 Å². The second-order valence-electron chi connectivity index (χ2n) is 6.37. The lowest BCUT2D eigenvalue weighted by Gasteiger charge is -2.09. The van der Waals surface area contributed by atoms with Gasteiger partial charge in [-0.15, -0.1) is 0 Å². The van der Waals surface area contributed by atoms with E-state index < -0.39 is 0 Å². The van der Waals surface area contributed by atoms with Crippen LogP contribution in [0.15, 0.2) is 47.6 Å². The first-order chi connectivity index (χ1) is 12.0. The smallest absolute Gasteiger partial charge is 0.139 e. The topological polar surface area (TPSA) is 45.8 Å². The molecule has 1 aromatic carbocycles. The molecule has 1 aliphatic carbocycles. The second-order valence-corrected chi connectivity index (χ2v) is 6.81. The van der Waals surface area contributed by atoms with E-state index in [0.717, 1.165) is 34.0 Å². The minimum Gasteiger partial charge on any atom is -0.337 e. The molecule has 3 nitrogen and oxygen atoms in total. The first kappa shape index (κ1) is 17.3. The summed E-state index contributed by atoms with van der Waals surface area (Å²) in [6, 6.07) is 7.97. The van der Waals surface area contributed by atoms with Gasteiger partial charge >= 0.3 is 0 Å². The third-order valence-corrected chi connectivity index (χ3v) is 5.10. The van der Waals surface area contributed by atoms with E-state index in [9.17, 15) is 10.1 Å². The van der Waals surface area contributed by atoms with E-state index in [-0.39, 0.29) is 12.5 Å². The molecule has 0 amide bonds. The molecule has 1 unspecified atom stereocenters. The van der Waals surface area contributed by atoms with Crippen molar-refractivity contribution in [2.75, 3.05) is 0 Å². The van der Waals surface area contributed by atoms with Crippen LogP contribution in [0.4, 0.5) is 0 Å². The predicted octanol–water partition coefficient (Wildman–Crippen LogP) is 5.23. The van der Waals surface area contributed by atoms with Crippen molar-refractivity contribution in [2.45, 2.75) is 27.3 Å². The van der Waals surface area contributed by atoms with Crippen LogP contribution in [-0.2, 0) is 11.3 Å². The maximum atomic E-state index is 11.2. The highest BCUT2D eigenvalue weighted by Crippen LogP contribution is 2.37. The highest BCUT2D eigenvalue weighted by atomic mass is 35.5. The fraction of sp³-hybridized carbons (Fsp3) is 0.238. The Bertz CT molecular complexity index is 999. The Morgan fingerprint density at radius 1 is 1.36 bits per heavy atom. The number of carbonyl (C=O) groups excluding carboxylic acids is 1. The monoisotopic (exact) mass is 350 g/mol. The quantitative estimate of drug-likeness (QED) is 0.711. The largest absolute Gasteiger partial charge is 0.337 e. The van der Waals surface area contributed by atoms with Gasteiger partial charge in [0.05, 0.1) is 18.2 Å². The van der Waals surface area contributed by atoms with Crippen LogP contribution in [0.2, 0.25) is 5.02 Å². The summed E-state index contributed by atoms with van der Waals surface area (Å²) >= 11 is 6.23. The molecule has 0 bridgehead atoms. The number of benzene rings is 1. The van der Waals surface area contributed by atoms with Crippen molar-refractivity contribution in [3.63, 3.8) is 0 Å². The zero-order valence-corrected chi connectivity index (χ0v) is 15.3. The Morgan fingerprint density at radius 2 is 2.12 bits per heavy atom. The first-order valence-electron chi connectivity index (χ1n) is 8.21. The maximum absolute atomic E-state index is 11.2. The molecule has 3 rings (SSSR count). The molecule has 25 heavy (non-hydrogen) atoms. The molecule has 0 radical (unpaired) electrons. The third kappa shape index (κ3) is 2.94. The van der Waals surface area contributed by atoms with Gasteiger partial charge in [-0.1, -0.05) is 36.2 Å². The van der Waals surface area contributed by atoms with Crippen LogP contribution in [0.3, 0.4) is 0 Å². The zero-order valence-electron chi connectivity index (χ0n) is 14.5. The van der Waals surface area contributed by atoms with E-state index in [1.807, 2.05) is 41.8 Å². The molecule has 1 aliphatic rings. The minimum atomic E-state index is 0.271. The van der Waals surface area contributed by atoms with Crippen molar-refractivity contribution in [3.05, 3.63) is 63.9 Å². The summed E-state index contributed by atoms with van der Waals surface area (Å²) in [5.74, 6) is 0.271. The van der Waals surface area contributed by atoms with Crippen LogP contribution in [0.25, 0.3) is 16.5 Å². The third-order valence-electron chi connectivity index (χ3n) is 4.86. The van der Waals surface area contributed by atoms with Crippen molar-refractivity contribution >= 4 is 34.4 Å². The maximum Gasteiger partial charge on any atom is 0.139 e. The number of rotatable bonds is 3. The lowest BCUT2D eigenvalue weighted by molar-refractivity contribution is -0.108. The standard InChI is InChI=1S/C21H19ClN2O/c1-13-4-5-16(12-23)18(10-14(13)2)21-15(3)24(8-9-25)20-7-6-17(22)11-19(20)21/h4-7,9-11,13H,8H2,1-3H3. The number of aromatic nitrogens is 1. The number of hydrogen-bond acceptors (Lipinski definition) is 2. The zero-order chi connectivity index (χ0) is 18.1. The SMILES string of the molecule is CC1=CC(c2c(C)n(CC=O)c3ccc(Cl)cc23)=C(C#N)C=CC1C. The van der Waals surface area contributed by atoms with Crippen molar-refractivity contribution in [1.82, 2.24) is 4.57 Å². The number of fused-ring (bicyclic) bond motifs is 1. The molecule has 0 saturated heterocycles. The van der Waals surface area contributed by atoms with Crippen LogP contribution in [-0.4, -0.2) is 10.9 Å². The Balaban J connectivity index is 2.42. The Morgan fingerprint density at radius 3 is 2.80 bits per heavy atom. The number of aldehydes is 1. The molecule has 1 atom stereocenters. The lowest BCUT2D eigenvalue weighted by Crippen LogP contribution is -2.01. The van der Waals surface area contributed by atoms with E-state index in [1.54, 1.807) is 0 Å². The number of hydrogen-bond donors (Lipinski definition) is 0. The van der Waals surface area contributed by atoms with E-state index in [2.05, 4.69) is 26.0 Å². The summed E-state index contributed by atoms with van der Waals surface area (Å²) in [5, 5.41) is 11.3. The minimum absolute atomic E-state index is 0.271. The fourth-order valence-corrected chi connectivity index (χ4v) is 3.50. The summed E-state index contributed by atoms with van der Waals surface area (Å²) in [6.45, 7) is 6.44. The van der Waals surface area contributed by atoms with Crippen molar-refractivity contribution < 1.29 is 4.79 Å². The summed E-state index contributed by atoms with van der Waals surface area (Å²) in [4.78, 5) is 11.2. The highest BCUT2D eigenvalue weighted by molar-refractivity contribution is 6.31. The number of carbonyl (C=O) groups is 1. The number of halogens is 1. The van der Waals surface area contributed by atoms with Crippen LogP contribution in [0.1, 0.15) is 25.1 Å². The number of nitriles is 1. The van der Waals surface area contributed by atoms with Crippen molar-refractivity contribution in [1.29, 1.82) is 5.26 Å². The number of allylic oxidation sites excluding steroid dienone is 6. The van der Waals surface area contributed by atoms with E-state index in [1.165, 1.54) is 5.57 Å². The molecule has 2 aromatic rings. The Labute approximate surface area is 152 Å². The summed E-state index contributed by atoms with van der Waals surface area (Å²) in [6.07, 6.45) is 6.90. The Hall–Kier alpha value is -2.57. The average molecular weight is 351 g/mol. The van der Waals surface area contributed by atoms with Crippen molar-refractivity contribution in [2.24, 2.45) is 5.92 Å². The van der Waals surface area contributed by atoms with Crippen molar-refractivity contribution in [3.8, 4) is 6.07 Å². The normalized spacial score (nSPS) is 17.4. The summed E-state index contributed by atoms with van der Waals surface area (Å²) in [7, 11) is 0. The van der Waals surface area contributed by atoms with Gasteiger partial charge in [-0.3, -0.25) is 0 Å². The highest BCUT2D eigenvalue weighted by Gasteiger charge is 2.20. The van der Waals surface area contributed by atoms with Gasteiger partial charge in [-0.05, 0) is 44.0 Å². The molecule has 1 heterocycles.